The van der Waals surface area contributed by atoms with Crippen molar-refractivity contribution in [3.8, 4) is 11.1 Å². The van der Waals surface area contributed by atoms with Gasteiger partial charge >= 0.3 is 0 Å². The number of amides is 1. The topological polar surface area (TPSA) is 75.3 Å². The van der Waals surface area contributed by atoms with Gasteiger partial charge in [-0.05, 0) is 48.2 Å². The molecular formula is C22H20N2O3S. The molecule has 3 aromatic carbocycles. The quantitative estimate of drug-likeness (QED) is 0.648. The van der Waals surface area contributed by atoms with Gasteiger partial charge in [-0.25, -0.2) is 8.42 Å². The van der Waals surface area contributed by atoms with E-state index in [0.717, 1.165) is 11.1 Å². The molecule has 0 radical (unpaired) electrons. The molecule has 0 unspecified atom stereocenters. The Morgan fingerprint density at radius 2 is 1.43 bits per heavy atom. The van der Waals surface area contributed by atoms with Crippen molar-refractivity contribution in [3.05, 3.63) is 84.4 Å². The number of carbonyl (C=O) groups excluding carboxylic acids is 1. The molecule has 3 aromatic rings. The molecule has 5 nitrogen and oxygen atoms in total. The SMILES string of the molecule is O=C(Nc1cc(-c2ccccc2)ccc1NS(=O)(=O)C1CC1)c1ccccc1. The normalized spacial score (nSPS) is 13.7. The Labute approximate surface area is 164 Å². The first kappa shape index (κ1) is 18.3. The number of rotatable bonds is 6. The number of anilines is 2. The minimum atomic E-state index is -3.44. The maximum Gasteiger partial charge on any atom is 0.255 e. The van der Waals surface area contributed by atoms with E-state index in [1.165, 1.54) is 0 Å². The number of benzene rings is 3. The third-order valence-electron chi connectivity index (χ3n) is 4.63. The third kappa shape index (κ3) is 4.07. The van der Waals surface area contributed by atoms with Crippen LogP contribution in [-0.4, -0.2) is 19.6 Å². The van der Waals surface area contributed by atoms with Crippen molar-refractivity contribution in [2.45, 2.75) is 18.1 Å². The lowest BCUT2D eigenvalue weighted by molar-refractivity contribution is 0.102. The lowest BCUT2D eigenvalue weighted by Gasteiger charge is -2.15. The van der Waals surface area contributed by atoms with E-state index < -0.39 is 10.0 Å². The van der Waals surface area contributed by atoms with Crippen LogP contribution in [0.2, 0.25) is 0 Å². The molecule has 142 valence electrons. The van der Waals surface area contributed by atoms with Gasteiger partial charge in [-0.3, -0.25) is 9.52 Å². The first-order valence-electron chi connectivity index (χ1n) is 9.10. The van der Waals surface area contributed by atoms with Gasteiger partial charge in [-0.2, -0.15) is 0 Å². The van der Waals surface area contributed by atoms with E-state index in [-0.39, 0.29) is 11.2 Å². The molecule has 0 saturated heterocycles. The van der Waals surface area contributed by atoms with Gasteiger partial charge in [0.2, 0.25) is 10.0 Å². The second-order valence-electron chi connectivity index (χ2n) is 6.79. The average molecular weight is 392 g/mol. The van der Waals surface area contributed by atoms with Crippen molar-refractivity contribution in [3.63, 3.8) is 0 Å². The molecule has 2 N–H and O–H groups in total. The molecule has 0 spiro atoms. The molecule has 0 aliphatic heterocycles. The summed E-state index contributed by atoms with van der Waals surface area (Å²) in [6.07, 6.45) is 1.34. The lowest BCUT2D eigenvalue weighted by atomic mass is 10.0. The fourth-order valence-electron chi connectivity index (χ4n) is 2.95. The summed E-state index contributed by atoms with van der Waals surface area (Å²) in [6, 6.07) is 23.9. The molecule has 0 heterocycles. The van der Waals surface area contributed by atoms with Gasteiger partial charge in [0.1, 0.15) is 0 Å². The van der Waals surface area contributed by atoms with E-state index in [0.29, 0.717) is 29.8 Å². The number of hydrogen-bond donors (Lipinski definition) is 2. The van der Waals surface area contributed by atoms with Crippen molar-refractivity contribution in [2.24, 2.45) is 0 Å². The first-order valence-corrected chi connectivity index (χ1v) is 10.6. The molecule has 1 amide bonds. The maximum absolute atomic E-state index is 12.6. The number of carbonyl (C=O) groups is 1. The summed E-state index contributed by atoms with van der Waals surface area (Å²) in [5.74, 6) is -0.294. The minimum Gasteiger partial charge on any atom is -0.320 e. The summed E-state index contributed by atoms with van der Waals surface area (Å²) < 4.78 is 27.4. The highest BCUT2D eigenvalue weighted by Crippen LogP contribution is 2.34. The highest BCUT2D eigenvalue weighted by atomic mass is 32.2. The molecule has 1 fully saturated rings. The Hall–Kier alpha value is -3.12. The average Bonchev–Trinajstić information content (AvgIpc) is 3.56. The number of nitrogens with one attached hydrogen (secondary N) is 2. The van der Waals surface area contributed by atoms with Gasteiger partial charge in [0.05, 0.1) is 16.6 Å². The van der Waals surface area contributed by atoms with E-state index in [4.69, 9.17) is 0 Å². The van der Waals surface area contributed by atoms with Crippen LogP contribution in [0.25, 0.3) is 11.1 Å². The molecule has 0 aromatic heterocycles. The Kier molecular flexibility index (Phi) is 4.88. The molecule has 6 heteroatoms. The second-order valence-corrected chi connectivity index (χ2v) is 8.75. The predicted molar refractivity (Wildman–Crippen MR) is 112 cm³/mol. The summed E-state index contributed by atoms with van der Waals surface area (Å²) in [7, 11) is -3.44. The monoisotopic (exact) mass is 392 g/mol. The Morgan fingerprint density at radius 1 is 0.786 bits per heavy atom. The minimum absolute atomic E-state index is 0.294. The Morgan fingerprint density at radius 3 is 2.07 bits per heavy atom. The van der Waals surface area contributed by atoms with E-state index in [2.05, 4.69) is 10.0 Å². The fourth-order valence-corrected chi connectivity index (χ4v) is 4.35. The van der Waals surface area contributed by atoms with E-state index in [9.17, 15) is 13.2 Å². The molecule has 1 aliphatic rings. The highest BCUT2D eigenvalue weighted by Gasteiger charge is 2.36. The Bertz CT molecular complexity index is 1090. The third-order valence-corrected chi connectivity index (χ3v) is 6.48. The van der Waals surface area contributed by atoms with Crippen LogP contribution in [-0.2, 0) is 10.0 Å². The summed E-state index contributed by atoms with van der Waals surface area (Å²) >= 11 is 0. The van der Waals surface area contributed by atoms with Crippen LogP contribution < -0.4 is 10.0 Å². The molecule has 0 bridgehead atoms. The van der Waals surface area contributed by atoms with Gasteiger partial charge in [-0.1, -0.05) is 54.6 Å². The zero-order chi connectivity index (χ0) is 19.6. The van der Waals surface area contributed by atoms with Gasteiger partial charge in [0, 0.05) is 5.56 Å². The summed E-state index contributed by atoms with van der Waals surface area (Å²) in [6.45, 7) is 0. The van der Waals surface area contributed by atoms with Gasteiger partial charge in [0.15, 0.2) is 0 Å². The van der Waals surface area contributed by atoms with Crippen molar-refractivity contribution < 1.29 is 13.2 Å². The zero-order valence-electron chi connectivity index (χ0n) is 15.1. The standard InChI is InChI=1S/C22H20N2O3S/c25-22(17-9-5-2-6-10-17)23-21-15-18(16-7-3-1-4-8-16)11-14-20(21)24-28(26,27)19-12-13-19/h1-11,14-15,19,24H,12-13H2,(H,23,25). The lowest BCUT2D eigenvalue weighted by Crippen LogP contribution is -2.20. The predicted octanol–water partition coefficient (Wildman–Crippen LogP) is 4.51. The van der Waals surface area contributed by atoms with Gasteiger partial charge in [0.25, 0.3) is 5.91 Å². The van der Waals surface area contributed by atoms with E-state index in [1.54, 1.807) is 36.4 Å². The molecule has 28 heavy (non-hydrogen) atoms. The summed E-state index contributed by atoms with van der Waals surface area (Å²) in [4.78, 5) is 12.6. The van der Waals surface area contributed by atoms with Crippen LogP contribution in [0, 0.1) is 0 Å². The molecular weight excluding hydrogens is 372 g/mol. The van der Waals surface area contributed by atoms with Crippen LogP contribution in [0.3, 0.4) is 0 Å². The van der Waals surface area contributed by atoms with Gasteiger partial charge < -0.3 is 5.32 Å². The van der Waals surface area contributed by atoms with Crippen molar-refractivity contribution in [2.75, 3.05) is 10.0 Å². The van der Waals surface area contributed by atoms with Crippen LogP contribution in [0.5, 0.6) is 0 Å². The van der Waals surface area contributed by atoms with Crippen LogP contribution in [0.15, 0.2) is 78.9 Å². The van der Waals surface area contributed by atoms with Crippen LogP contribution in [0.1, 0.15) is 23.2 Å². The van der Waals surface area contributed by atoms with Crippen molar-refractivity contribution >= 4 is 27.3 Å². The first-order chi connectivity index (χ1) is 13.5. The number of hydrogen-bond acceptors (Lipinski definition) is 3. The van der Waals surface area contributed by atoms with Crippen LogP contribution >= 0.6 is 0 Å². The van der Waals surface area contributed by atoms with Gasteiger partial charge in [-0.15, -0.1) is 0 Å². The summed E-state index contributed by atoms with van der Waals surface area (Å²) in [5, 5.41) is 2.50. The molecule has 1 aliphatic carbocycles. The molecule has 1 saturated carbocycles. The largest absolute Gasteiger partial charge is 0.320 e. The highest BCUT2D eigenvalue weighted by molar-refractivity contribution is 7.93. The van der Waals surface area contributed by atoms with Crippen molar-refractivity contribution in [1.29, 1.82) is 0 Å². The summed E-state index contributed by atoms with van der Waals surface area (Å²) in [5.41, 5.74) is 3.17. The fraction of sp³-hybridized carbons (Fsp3) is 0.136. The van der Waals surface area contributed by atoms with E-state index in [1.807, 2.05) is 42.5 Å². The molecule has 0 atom stereocenters. The second kappa shape index (κ2) is 7.48. The molecule has 4 rings (SSSR count). The smallest absolute Gasteiger partial charge is 0.255 e. The maximum atomic E-state index is 12.6. The van der Waals surface area contributed by atoms with E-state index >= 15 is 0 Å². The number of sulfonamides is 1. The van der Waals surface area contributed by atoms with Crippen LogP contribution in [0.4, 0.5) is 11.4 Å². The van der Waals surface area contributed by atoms with Crippen molar-refractivity contribution in [1.82, 2.24) is 0 Å². The Balaban J connectivity index is 1.70. The zero-order valence-corrected chi connectivity index (χ0v) is 15.9.